The predicted octanol–water partition coefficient (Wildman–Crippen LogP) is 2.49. The molecule has 0 aromatic rings. The fraction of sp³-hybridized carbons (Fsp3) is 1.00. The number of nitrogens with one attached hydrogen (secondary N) is 1. The minimum Gasteiger partial charge on any atom is -0.381 e. The summed E-state index contributed by atoms with van der Waals surface area (Å²) in [7, 11) is 3.68. The number of methoxy groups -OCH3 is 2. The molecule has 2 saturated carbocycles. The van der Waals surface area contributed by atoms with E-state index in [1.807, 2.05) is 14.2 Å². The third-order valence-corrected chi connectivity index (χ3v) is 4.49. The molecule has 0 spiro atoms. The zero-order chi connectivity index (χ0) is 12.1. The second-order valence-corrected chi connectivity index (χ2v) is 5.59. The van der Waals surface area contributed by atoms with Crippen LogP contribution in [0, 0.1) is 0 Å². The van der Waals surface area contributed by atoms with Crippen LogP contribution < -0.4 is 5.32 Å². The summed E-state index contributed by atoms with van der Waals surface area (Å²) >= 11 is 0. The number of ether oxygens (including phenoxy) is 2. The molecule has 3 heteroatoms. The van der Waals surface area contributed by atoms with Crippen LogP contribution in [0.15, 0.2) is 0 Å². The molecule has 0 aliphatic heterocycles. The highest BCUT2D eigenvalue weighted by molar-refractivity contribution is 4.84. The van der Waals surface area contributed by atoms with Crippen molar-refractivity contribution >= 4 is 0 Å². The number of hydrogen-bond acceptors (Lipinski definition) is 3. The van der Waals surface area contributed by atoms with E-state index in [-0.39, 0.29) is 0 Å². The van der Waals surface area contributed by atoms with Gasteiger partial charge in [-0.05, 0) is 51.4 Å². The molecular weight excluding hydrogens is 214 g/mol. The van der Waals surface area contributed by atoms with Crippen molar-refractivity contribution in [2.45, 2.75) is 75.7 Å². The van der Waals surface area contributed by atoms with E-state index in [0.29, 0.717) is 12.2 Å². The lowest BCUT2D eigenvalue weighted by molar-refractivity contribution is 0.0492. The van der Waals surface area contributed by atoms with Crippen molar-refractivity contribution in [3.05, 3.63) is 0 Å². The maximum atomic E-state index is 5.41. The minimum absolute atomic E-state index is 0.511. The lowest BCUT2D eigenvalue weighted by atomic mass is 9.89. The monoisotopic (exact) mass is 241 g/mol. The van der Waals surface area contributed by atoms with Gasteiger partial charge in [0.05, 0.1) is 12.2 Å². The van der Waals surface area contributed by atoms with Crippen LogP contribution in [-0.4, -0.2) is 38.5 Å². The van der Waals surface area contributed by atoms with E-state index < -0.39 is 0 Å². The SMILES string of the molecule is COC1CCC(NC2CCC(OC)CC2)CC1. The molecule has 1 N–H and O–H groups in total. The summed E-state index contributed by atoms with van der Waals surface area (Å²) in [5.41, 5.74) is 0. The fourth-order valence-corrected chi connectivity index (χ4v) is 3.26. The van der Waals surface area contributed by atoms with E-state index in [9.17, 15) is 0 Å². The van der Waals surface area contributed by atoms with Crippen molar-refractivity contribution in [1.29, 1.82) is 0 Å². The summed E-state index contributed by atoms with van der Waals surface area (Å²) in [4.78, 5) is 0. The Labute approximate surface area is 105 Å². The first-order valence-corrected chi connectivity index (χ1v) is 7.13. The molecule has 0 radical (unpaired) electrons. The second kappa shape index (κ2) is 6.72. The van der Waals surface area contributed by atoms with E-state index in [0.717, 1.165) is 12.1 Å². The molecule has 3 nitrogen and oxygen atoms in total. The van der Waals surface area contributed by atoms with Crippen molar-refractivity contribution in [2.75, 3.05) is 14.2 Å². The number of rotatable bonds is 4. The lowest BCUT2D eigenvalue weighted by Crippen LogP contribution is -2.43. The van der Waals surface area contributed by atoms with Gasteiger partial charge >= 0.3 is 0 Å². The van der Waals surface area contributed by atoms with Crippen molar-refractivity contribution in [2.24, 2.45) is 0 Å². The summed E-state index contributed by atoms with van der Waals surface area (Å²) in [6, 6.07) is 1.45. The van der Waals surface area contributed by atoms with Gasteiger partial charge in [0.25, 0.3) is 0 Å². The third-order valence-electron chi connectivity index (χ3n) is 4.49. The topological polar surface area (TPSA) is 30.5 Å². The van der Waals surface area contributed by atoms with Crippen molar-refractivity contribution in [1.82, 2.24) is 5.32 Å². The molecule has 0 atom stereocenters. The normalized spacial score (nSPS) is 39.2. The molecule has 0 heterocycles. The standard InChI is InChI=1S/C14H27NO2/c1-16-13-7-3-11(4-8-13)15-12-5-9-14(17-2)10-6-12/h11-15H,3-10H2,1-2H3. The summed E-state index contributed by atoms with van der Waals surface area (Å²) in [5.74, 6) is 0. The molecule has 0 amide bonds. The van der Waals surface area contributed by atoms with Gasteiger partial charge in [0.1, 0.15) is 0 Å². The quantitative estimate of drug-likeness (QED) is 0.820. The first kappa shape index (κ1) is 13.3. The molecule has 100 valence electrons. The van der Waals surface area contributed by atoms with Gasteiger partial charge in [-0.2, -0.15) is 0 Å². The van der Waals surface area contributed by atoms with Crippen molar-refractivity contribution in [3.63, 3.8) is 0 Å². The van der Waals surface area contributed by atoms with Gasteiger partial charge in [0.2, 0.25) is 0 Å². The lowest BCUT2D eigenvalue weighted by Gasteiger charge is -2.34. The molecule has 2 aliphatic carbocycles. The largest absolute Gasteiger partial charge is 0.381 e. The Morgan fingerprint density at radius 3 is 1.29 bits per heavy atom. The molecule has 2 rings (SSSR count). The smallest absolute Gasteiger partial charge is 0.0572 e. The van der Waals surface area contributed by atoms with Gasteiger partial charge in [-0.3, -0.25) is 0 Å². The highest BCUT2D eigenvalue weighted by Crippen LogP contribution is 2.25. The first-order chi connectivity index (χ1) is 8.31. The van der Waals surface area contributed by atoms with Gasteiger partial charge < -0.3 is 14.8 Å². The van der Waals surface area contributed by atoms with Crippen LogP contribution in [0.2, 0.25) is 0 Å². The Kier molecular flexibility index (Phi) is 5.26. The summed E-state index contributed by atoms with van der Waals surface area (Å²) in [6.45, 7) is 0. The molecule has 0 saturated heterocycles. The van der Waals surface area contributed by atoms with Gasteiger partial charge in [0, 0.05) is 26.3 Å². The van der Waals surface area contributed by atoms with Crippen LogP contribution in [0.4, 0.5) is 0 Å². The van der Waals surface area contributed by atoms with E-state index >= 15 is 0 Å². The first-order valence-electron chi connectivity index (χ1n) is 7.13. The Morgan fingerprint density at radius 1 is 0.647 bits per heavy atom. The van der Waals surface area contributed by atoms with E-state index in [2.05, 4.69) is 5.32 Å². The molecule has 0 unspecified atom stereocenters. The fourth-order valence-electron chi connectivity index (χ4n) is 3.26. The predicted molar refractivity (Wildman–Crippen MR) is 69.2 cm³/mol. The second-order valence-electron chi connectivity index (χ2n) is 5.59. The molecule has 2 aliphatic rings. The highest BCUT2D eigenvalue weighted by atomic mass is 16.5. The van der Waals surface area contributed by atoms with Crippen LogP contribution >= 0.6 is 0 Å². The van der Waals surface area contributed by atoms with Gasteiger partial charge in [0.15, 0.2) is 0 Å². The number of hydrogen-bond donors (Lipinski definition) is 1. The molecule has 0 bridgehead atoms. The summed E-state index contributed by atoms with van der Waals surface area (Å²) in [5, 5.41) is 3.84. The van der Waals surface area contributed by atoms with Crippen LogP contribution in [-0.2, 0) is 9.47 Å². The van der Waals surface area contributed by atoms with Crippen LogP contribution in [0.1, 0.15) is 51.4 Å². The molecule has 17 heavy (non-hydrogen) atoms. The Hall–Kier alpha value is -0.120. The Morgan fingerprint density at radius 2 is 1.00 bits per heavy atom. The van der Waals surface area contributed by atoms with Gasteiger partial charge in [-0.1, -0.05) is 0 Å². The molecule has 0 aromatic carbocycles. The van der Waals surface area contributed by atoms with Gasteiger partial charge in [-0.15, -0.1) is 0 Å². The maximum absolute atomic E-state index is 5.41. The van der Waals surface area contributed by atoms with Crippen LogP contribution in [0.25, 0.3) is 0 Å². The zero-order valence-electron chi connectivity index (χ0n) is 11.3. The van der Waals surface area contributed by atoms with Crippen molar-refractivity contribution in [3.8, 4) is 0 Å². The Bertz CT molecular complexity index is 184. The Balaban J connectivity index is 1.65. The van der Waals surface area contributed by atoms with Crippen LogP contribution in [0.3, 0.4) is 0 Å². The molecular formula is C14H27NO2. The van der Waals surface area contributed by atoms with E-state index in [1.54, 1.807) is 0 Å². The third kappa shape index (κ3) is 3.94. The van der Waals surface area contributed by atoms with E-state index in [4.69, 9.17) is 9.47 Å². The van der Waals surface area contributed by atoms with Crippen molar-refractivity contribution < 1.29 is 9.47 Å². The highest BCUT2D eigenvalue weighted by Gasteiger charge is 2.25. The van der Waals surface area contributed by atoms with Crippen LogP contribution in [0.5, 0.6) is 0 Å². The average molecular weight is 241 g/mol. The molecule has 0 aromatic heterocycles. The minimum atomic E-state index is 0.511. The van der Waals surface area contributed by atoms with E-state index in [1.165, 1.54) is 51.4 Å². The zero-order valence-corrected chi connectivity index (χ0v) is 11.3. The average Bonchev–Trinajstić information content (AvgIpc) is 2.40. The maximum Gasteiger partial charge on any atom is 0.0572 e. The van der Waals surface area contributed by atoms with Gasteiger partial charge in [-0.25, -0.2) is 0 Å². The molecule has 2 fully saturated rings. The summed E-state index contributed by atoms with van der Waals surface area (Å²) < 4.78 is 10.8. The summed E-state index contributed by atoms with van der Waals surface area (Å²) in [6.07, 6.45) is 11.0.